The maximum Gasteiger partial charge on any atom is 0.137 e. The number of hydrogen-bond donors (Lipinski definition) is 1. The lowest BCUT2D eigenvalue weighted by molar-refractivity contribution is 0.0833. The average Bonchev–Trinajstić information content (AvgIpc) is 2.41. The van der Waals surface area contributed by atoms with Gasteiger partial charge in [0, 0.05) is 18.6 Å². The van der Waals surface area contributed by atoms with Crippen molar-refractivity contribution in [2.75, 3.05) is 13.1 Å². The minimum atomic E-state index is -0.210. The molecule has 2 N–H and O–H groups in total. The summed E-state index contributed by atoms with van der Waals surface area (Å²) >= 11 is 3.26. The van der Waals surface area contributed by atoms with Gasteiger partial charge in [-0.25, -0.2) is 4.39 Å². The average molecular weight is 329 g/mol. The van der Waals surface area contributed by atoms with E-state index in [1.807, 2.05) is 12.1 Å². The van der Waals surface area contributed by atoms with E-state index in [1.165, 1.54) is 12.5 Å². The molecule has 1 aromatic rings. The van der Waals surface area contributed by atoms with Crippen LogP contribution in [0.4, 0.5) is 4.39 Å². The molecule has 106 valence electrons. The van der Waals surface area contributed by atoms with E-state index < -0.39 is 0 Å². The van der Waals surface area contributed by atoms with Crippen LogP contribution >= 0.6 is 15.9 Å². The van der Waals surface area contributed by atoms with Crippen molar-refractivity contribution in [3.05, 3.63) is 34.1 Å². The normalized spacial score (nSPS) is 26.4. The molecular formula is C15H22BrFN2. The molecule has 0 aromatic heterocycles. The molecule has 0 radical (unpaired) electrons. The number of piperidine rings is 1. The third kappa shape index (κ3) is 3.36. The van der Waals surface area contributed by atoms with Crippen LogP contribution in [0.3, 0.4) is 0 Å². The van der Waals surface area contributed by atoms with Crippen molar-refractivity contribution in [3.8, 4) is 0 Å². The summed E-state index contributed by atoms with van der Waals surface area (Å²) in [5.41, 5.74) is 7.05. The van der Waals surface area contributed by atoms with Gasteiger partial charge in [-0.1, -0.05) is 13.0 Å². The highest BCUT2D eigenvalue weighted by Gasteiger charge is 2.29. The molecule has 2 nitrogen and oxygen atoms in total. The first-order valence-electron chi connectivity index (χ1n) is 6.93. The van der Waals surface area contributed by atoms with Gasteiger partial charge in [0.1, 0.15) is 5.82 Å². The Balaban J connectivity index is 2.17. The van der Waals surface area contributed by atoms with Crippen molar-refractivity contribution in [3.63, 3.8) is 0 Å². The minimum Gasteiger partial charge on any atom is -0.329 e. The Bertz CT molecular complexity index is 438. The fourth-order valence-corrected chi connectivity index (χ4v) is 3.37. The molecule has 2 rings (SSSR count). The van der Waals surface area contributed by atoms with Crippen LogP contribution in [0.15, 0.2) is 22.7 Å². The Morgan fingerprint density at radius 1 is 1.53 bits per heavy atom. The molecule has 1 saturated heterocycles. The zero-order chi connectivity index (χ0) is 14.0. The second kappa shape index (κ2) is 6.33. The molecule has 1 aromatic carbocycles. The summed E-state index contributed by atoms with van der Waals surface area (Å²) in [4.78, 5) is 2.46. The predicted molar refractivity (Wildman–Crippen MR) is 80.5 cm³/mol. The van der Waals surface area contributed by atoms with E-state index in [4.69, 9.17) is 5.73 Å². The van der Waals surface area contributed by atoms with E-state index in [2.05, 4.69) is 34.7 Å². The van der Waals surface area contributed by atoms with E-state index in [0.29, 0.717) is 17.1 Å². The van der Waals surface area contributed by atoms with Crippen LogP contribution in [-0.4, -0.2) is 24.0 Å². The standard InChI is InChI=1S/C15H22BrFN2/c1-10-5-6-19(13(7-10)9-18)11(2)12-3-4-15(17)14(16)8-12/h3-4,8,10-11,13H,5-7,9,18H2,1-2H3. The molecule has 1 aliphatic heterocycles. The maximum atomic E-state index is 13.3. The van der Waals surface area contributed by atoms with Crippen molar-refractivity contribution >= 4 is 15.9 Å². The van der Waals surface area contributed by atoms with Crippen molar-refractivity contribution in [2.45, 2.75) is 38.8 Å². The Hall–Kier alpha value is -0.450. The van der Waals surface area contributed by atoms with E-state index in [-0.39, 0.29) is 11.9 Å². The minimum absolute atomic E-state index is 0.210. The van der Waals surface area contributed by atoms with Gasteiger partial charge >= 0.3 is 0 Å². The highest BCUT2D eigenvalue weighted by atomic mass is 79.9. The van der Waals surface area contributed by atoms with Crippen LogP contribution < -0.4 is 5.73 Å². The molecule has 3 unspecified atom stereocenters. The summed E-state index contributed by atoms with van der Waals surface area (Å²) in [5.74, 6) is 0.538. The third-order valence-corrected chi connectivity index (χ3v) is 4.83. The molecule has 19 heavy (non-hydrogen) atoms. The number of hydrogen-bond acceptors (Lipinski definition) is 2. The summed E-state index contributed by atoms with van der Waals surface area (Å²) in [7, 11) is 0. The van der Waals surface area contributed by atoms with Gasteiger partial charge in [0.2, 0.25) is 0 Å². The number of benzene rings is 1. The van der Waals surface area contributed by atoms with Gasteiger partial charge in [0.15, 0.2) is 0 Å². The van der Waals surface area contributed by atoms with Gasteiger partial charge in [-0.3, -0.25) is 4.90 Å². The summed E-state index contributed by atoms with van der Waals surface area (Å²) in [6.07, 6.45) is 2.37. The monoisotopic (exact) mass is 328 g/mol. The van der Waals surface area contributed by atoms with E-state index >= 15 is 0 Å². The number of halogens is 2. The third-order valence-electron chi connectivity index (χ3n) is 4.22. The van der Waals surface area contributed by atoms with E-state index in [0.717, 1.165) is 24.4 Å². The summed E-state index contributed by atoms with van der Waals surface area (Å²) in [6, 6.07) is 5.99. The molecule has 0 amide bonds. The molecule has 0 bridgehead atoms. The second-order valence-electron chi connectivity index (χ2n) is 5.61. The van der Waals surface area contributed by atoms with Crippen LogP contribution in [0, 0.1) is 11.7 Å². The first kappa shape index (κ1) is 14.9. The van der Waals surface area contributed by atoms with Crippen molar-refractivity contribution in [1.82, 2.24) is 4.90 Å². The predicted octanol–water partition coefficient (Wildman–Crippen LogP) is 3.71. The fraction of sp³-hybridized carbons (Fsp3) is 0.600. The highest BCUT2D eigenvalue weighted by Crippen LogP contribution is 2.31. The number of rotatable bonds is 3. The van der Waals surface area contributed by atoms with Crippen LogP contribution in [0.2, 0.25) is 0 Å². The van der Waals surface area contributed by atoms with Gasteiger partial charge in [-0.15, -0.1) is 0 Å². The highest BCUT2D eigenvalue weighted by molar-refractivity contribution is 9.10. The molecule has 3 atom stereocenters. The first-order valence-corrected chi connectivity index (χ1v) is 7.73. The zero-order valence-corrected chi connectivity index (χ0v) is 13.2. The second-order valence-corrected chi connectivity index (χ2v) is 6.46. The summed E-state index contributed by atoms with van der Waals surface area (Å²) < 4.78 is 13.9. The summed E-state index contributed by atoms with van der Waals surface area (Å²) in [6.45, 7) is 6.23. The van der Waals surface area contributed by atoms with Crippen molar-refractivity contribution < 1.29 is 4.39 Å². The van der Waals surface area contributed by atoms with Gasteiger partial charge in [0.05, 0.1) is 4.47 Å². The molecule has 0 aliphatic carbocycles. The van der Waals surface area contributed by atoms with Crippen LogP contribution in [-0.2, 0) is 0 Å². The lowest BCUT2D eigenvalue weighted by Gasteiger charge is -2.42. The lowest BCUT2D eigenvalue weighted by Crippen LogP contribution is -2.47. The molecule has 0 spiro atoms. The summed E-state index contributed by atoms with van der Waals surface area (Å²) in [5, 5.41) is 0. The Kier molecular flexibility index (Phi) is 4.98. The maximum absolute atomic E-state index is 13.3. The van der Waals surface area contributed by atoms with E-state index in [9.17, 15) is 4.39 Å². The number of nitrogens with zero attached hydrogens (tertiary/aromatic N) is 1. The van der Waals surface area contributed by atoms with Gasteiger partial charge in [0.25, 0.3) is 0 Å². The largest absolute Gasteiger partial charge is 0.329 e. The Labute approximate surface area is 123 Å². The van der Waals surface area contributed by atoms with Crippen molar-refractivity contribution in [2.24, 2.45) is 11.7 Å². The Morgan fingerprint density at radius 3 is 2.89 bits per heavy atom. The molecular weight excluding hydrogens is 307 g/mol. The van der Waals surface area contributed by atoms with Crippen LogP contribution in [0.1, 0.15) is 38.3 Å². The van der Waals surface area contributed by atoms with Crippen LogP contribution in [0.5, 0.6) is 0 Å². The quantitative estimate of drug-likeness (QED) is 0.916. The molecule has 1 aliphatic rings. The SMILES string of the molecule is CC1CCN(C(C)c2ccc(F)c(Br)c2)C(CN)C1. The van der Waals surface area contributed by atoms with Gasteiger partial charge in [-0.05, 0) is 65.9 Å². The van der Waals surface area contributed by atoms with E-state index in [1.54, 1.807) is 0 Å². The topological polar surface area (TPSA) is 29.3 Å². The lowest BCUT2D eigenvalue weighted by atomic mass is 9.90. The van der Waals surface area contributed by atoms with Crippen LogP contribution in [0.25, 0.3) is 0 Å². The molecule has 1 heterocycles. The van der Waals surface area contributed by atoms with Gasteiger partial charge in [-0.2, -0.15) is 0 Å². The number of nitrogens with two attached hydrogens (primary N) is 1. The van der Waals surface area contributed by atoms with Gasteiger partial charge < -0.3 is 5.73 Å². The zero-order valence-electron chi connectivity index (χ0n) is 11.6. The first-order chi connectivity index (χ1) is 9.02. The fourth-order valence-electron chi connectivity index (χ4n) is 2.97. The number of likely N-dealkylation sites (tertiary alicyclic amines) is 1. The van der Waals surface area contributed by atoms with Crippen molar-refractivity contribution in [1.29, 1.82) is 0 Å². The Morgan fingerprint density at radius 2 is 2.26 bits per heavy atom. The molecule has 0 saturated carbocycles. The molecule has 4 heteroatoms. The smallest absolute Gasteiger partial charge is 0.137 e. The molecule has 1 fully saturated rings.